The Hall–Kier alpha value is -2.75. The highest BCUT2D eigenvalue weighted by Gasteiger charge is 2.33. The number of ether oxygens (including phenoxy) is 2. The Morgan fingerprint density at radius 3 is 2.63 bits per heavy atom. The van der Waals surface area contributed by atoms with Gasteiger partial charge in [0.05, 0.1) is 0 Å². The largest absolute Gasteiger partial charge is 0.454 e. The topological polar surface area (TPSA) is 71.5 Å². The van der Waals surface area contributed by atoms with Gasteiger partial charge in [-0.25, -0.2) is 4.98 Å². The molecule has 7 nitrogen and oxygen atoms in total. The Morgan fingerprint density at radius 2 is 1.89 bits per heavy atom. The first kappa shape index (κ1) is 19.0. The van der Waals surface area contributed by atoms with E-state index in [0.717, 1.165) is 19.0 Å². The first-order valence-electron chi connectivity index (χ1n) is 8.33. The first-order valence-corrected chi connectivity index (χ1v) is 8.33. The van der Waals surface area contributed by atoms with Crippen molar-refractivity contribution in [2.45, 2.75) is 12.6 Å². The van der Waals surface area contributed by atoms with Gasteiger partial charge in [-0.3, -0.25) is 0 Å². The maximum Gasteiger partial charge on any atom is 0.433 e. The lowest BCUT2D eigenvalue weighted by Crippen LogP contribution is -2.18. The molecule has 146 valence electrons. The summed E-state index contributed by atoms with van der Waals surface area (Å²) in [5, 5.41) is 5.71. The summed E-state index contributed by atoms with van der Waals surface area (Å²) in [6, 6.07) is 5.86. The Balaban J connectivity index is 1.77. The zero-order valence-electron chi connectivity index (χ0n) is 14.9. The maximum atomic E-state index is 13.2. The number of aromatic nitrogens is 2. The van der Waals surface area contributed by atoms with Crippen LogP contribution in [0.3, 0.4) is 0 Å². The van der Waals surface area contributed by atoms with E-state index in [9.17, 15) is 13.2 Å². The third kappa shape index (κ3) is 5.13. The predicted molar refractivity (Wildman–Crippen MR) is 94.5 cm³/mol. The molecular formula is C17H20F3N5O2. The van der Waals surface area contributed by atoms with Crippen LogP contribution in [-0.4, -0.2) is 48.8 Å². The number of halogens is 3. The summed E-state index contributed by atoms with van der Waals surface area (Å²) in [4.78, 5) is 9.70. The number of nitrogens with zero attached hydrogens (tertiary/aromatic N) is 3. The van der Waals surface area contributed by atoms with Gasteiger partial charge in [0.1, 0.15) is 5.82 Å². The van der Waals surface area contributed by atoms with Crippen LogP contribution in [-0.2, 0) is 6.18 Å². The second-order valence-electron chi connectivity index (χ2n) is 6.24. The van der Waals surface area contributed by atoms with E-state index in [1.807, 2.05) is 19.0 Å². The van der Waals surface area contributed by atoms with Crippen molar-refractivity contribution >= 4 is 17.5 Å². The van der Waals surface area contributed by atoms with Crippen LogP contribution < -0.4 is 20.1 Å². The summed E-state index contributed by atoms with van der Waals surface area (Å²) in [6.45, 7) is 1.38. The molecule has 0 amide bonds. The van der Waals surface area contributed by atoms with Crippen LogP contribution in [0.2, 0.25) is 0 Å². The first-order chi connectivity index (χ1) is 12.8. The van der Waals surface area contributed by atoms with E-state index < -0.39 is 11.9 Å². The van der Waals surface area contributed by atoms with E-state index in [1.165, 1.54) is 0 Å². The summed E-state index contributed by atoms with van der Waals surface area (Å²) >= 11 is 0. The van der Waals surface area contributed by atoms with Gasteiger partial charge in [-0.05, 0) is 39.2 Å². The van der Waals surface area contributed by atoms with E-state index in [1.54, 1.807) is 18.2 Å². The molecular weight excluding hydrogens is 363 g/mol. The van der Waals surface area contributed by atoms with Crippen LogP contribution in [0, 0.1) is 0 Å². The third-order valence-corrected chi connectivity index (χ3v) is 3.73. The summed E-state index contributed by atoms with van der Waals surface area (Å²) in [5.41, 5.74) is -0.486. The number of hydrogen-bond donors (Lipinski definition) is 2. The van der Waals surface area contributed by atoms with Crippen molar-refractivity contribution < 1.29 is 22.6 Å². The molecule has 2 aromatic rings. The lowest BCUT2D eigenvalue weighted by Gasteiger charge is -2.14. The lowest BCUT2D eigenvalue weighted by molar-refractivity contribution is -0.141. The number of alkyl halides is 3. The standard InChI is InChI=1S/C17H20F3N5O2/c1-25(2)7-3-6-21-16-23-14(17(18,19)20)9-15(24-16)22-11-4-5-12-13(8-11)27-10-26-12/h4-5,8-9H,3,6-7,10H2,1-2H3,(H2,21,22,23,24). The number of hydrogen-bond acceptors (Lipinski definition) is 7. The van der Waals surface area contributed by atoms with Crippen molar-refractivity contribution in [1.82, 2.24) is 14.9 Å². The van der Waals surface area contributed by atoms with E-state index in [-0.39, 0.29) is 18.6 Å². The molecule has 0 bridgehead atoms. The van der Waals surface area contributed by atoms with Gasteiger partial charge in [-0.15, -0.1) is 0 Å². The molecule has 1 aliphatic heterocycles. The molecule has 3 rings (SSSR count). The second-order valence-corrected chi connectivity index (χ2v) is 6.24. The molecule has 1 aliphatic rings. The van der Waals surface area contributed by atoms with Crippen LogP contribution in [0.5, 0.6) is 11.5 Å². The van der Waals surface area contributed by atoms with Gasteiger partial charge in [0, 0.05) is 24.4 Å². The zero-order valence-corrected chi connectivity index (χ0v) is 14.9. The molecule has 0 radical (unpaired) electrons. The van der Waals surface area contributed by atoms with Crippen LogP contribution in [0.1, 0.15) is 12.1 Å². The fourth-order valence-corrected chi connectivity index (χ4v) is 2.45. The molecule has 0 saturated heterocycles. The van der Waals surface area contributed by atoms with Crippen molar-refractivity contribution in [3.05, 3.63) is 30.0 Å². The van der Waals surface area contributed by atoms with Gasteiger partial charge in [0.15, 0.2) is 17.2 Å². The quantitative estimate of drug-likeness (QED) is 0.711. The third-order valence-electron chi connectivity index (χ3n) is 3.73. The Kier molecular flexibility index (Phi) is 5.54. The monoisotopic (exact) mass is 383 g/mol. The maximum absolute atomic E-state index is 13.2. The molecule has 1 aromatic heterocycles. The van der Waals surface area contributed by atoms with Gasteiger partial charge < -0.3 is 25.0 Å². The average molecular weight is 383 g/mol. The van der Waals surface area contributed by atoms with Crippen molar-refractivity contribution in [3.63, 3.8) is 0 Å². The zero-order chi connectivity index (χ0) is 19.4. The number of fused-ring (bicyclic) bond motifs is 1. The van der Waals surface area contributed by atoms with Gasteiger partial charge in [-0.2, -0.15) is 18.2 Å². The van der Waals surface area contributed by atoms with E-state index in [4.69, 9.17) is 9.47 Å². The summed E-state index contributed by atoms with van der Waals surface area (Å²) in [7, 11) is 3.85. The molecule has 10 heteroatoms. The highest BCUT2D eigenvalue weighted by atomic mass is 19.4. The van der Waals surface area contributed by atoms with E-state index in [2.05, 4.69) is 20.6 Å². The van der Waals surface area contributed by atoms with Gasteiger partial charge in [0.2, 0.25) is 12.7 Å². The molecule has 0 spiro atoms. The minimum Gasteiger partial charge on any atom is -0.454 e. The van der Waals surface area contributed by atoms with Crippen LogP contribution in [0.25, 0.3) is 0 Å². The minimum absolute atomic E-state index is 0.0336. The highest BCUT2D eigenvalue weighted by molar-refractivity contribution is 5.62. The fraction of sp³-hybridized carbons (Fsp3) is 0.412. The highest BCUT2D eigenvalue weighted by Crippen LogP contribution is 2.35. The predicted octanol–water partition coefficient (Wildman–Crippen LogP) is 3.33. The molecule has 2 N–H and O–H groups in total. The van der Waals surface area contributed by atoms with Gasteiger partial charge in [-0.1, -0.05) is 0 Å². The average Bonchev–Trinajstić information content (AvgIpc) is 3.05. The molecule has 0 aliphatic carbocycles. The summed E-state index contributed by atoms with van der Waals surface area (Å²) < 4.78 is 50.0. The molecule has 1 aromatic carbocycles. The van der Waals surface area contributed by atoms with Crippen LogP contribution in [0.4, 0.5) is 30.6 Å². The normalized spacial score (nSPS) is 13.1. The van der Waals surface area contributed by atoms with Crippen LogP contribution >= 0.6 is 0 Å². The van der Waals surface area contributed by atoms with E-state index >= 15 is 0 Å². The van der Waals surface area contributed by atoms with Crippen molar-refractivity contribution in [2.24, 2.45) is 0 Å². The smallest absolute Gasteiger partial charge is 0.433 e. The number of benzene rings is 1. The van der Waals surface area contributed by atoms with Crippen molar-refractivity contribution in [1.29, 1.82) is 0 Å². The number of rotatable bonds is 7. The number of nitrogens with one attached hydrogen (secondary N) is 2. The summed E-state index contributed by atoms with van der Waals surface area (Å²) in [6.07, 6.45) is -3.83. The van der Waals surface area contributed by atoms with Gasteiger partial charge in [0.25, 0.3) is 0 Å². The minimum atomic E-state index is -4.58. The van der Waals surface area contributed by atoms with Crippen molar-refractivity contribution in [3.8, 4) is 11.5 Å². The SMILES string of the molecule is CN(C)CCCNc1nc(Nc2ccc3c(c2)OCO3)cc(C(F)(F)F)n1. The van der Waals surface area contributed by atoms with E-state index in [0.29, 0.717) is 23.7 Å². The molecule has 0 saturated carbocycles. The Labute approximate surface area is 154 Å². The lowest BCUT2D eigenvalue weighted by atomic mass is 10.2. The Morgan fingerprint density at radius 1 is 1.11 bits per heavy atom. The summed E-state index contributed by atoms with van der Waals surface area (Å²) in [5.74, 6) is 1.06. The van der Waals surface area contributed by atoms with Crippen LogP contribution in [0.15, 0.2) is 24.3 Å². The second kappa shape index (κ2) is 7.87. The molecule has 27 heavy (non-hydrogen) atoms. The molecule has 2 heterocycles. The van der Waals surface area contributed by atoms with Gasteiger partial charge >= 0.3 is 6.18 Å². The number of anilines is 3. The fourth-order valence-electron chi connectivity index (χ4n) is 2.45. The molecule has 0 fully saturated rings. The molecule has 0 atom stereocenters. The van der Waals surface area contributed by atoms with Crippen molar-refractivity contribution in [2.75, 3.05) is 44.6 Å². The molecule has 0 unspecified atom stereocenters. The Bertz CT molecular complexity index is 799.